The molecular weight excluding hydrogens is 384 g/mol. The number of benzene rings is 2. The minimum absolute atomic E-state index is 0.193. The number of rotatable bonds is 6. The van der Waals surface area contributed by atoms with Crippen LogP contribution in [-0.2, 0) is 9.53 Å². The average molecular weight is 405 g/mol. The molecule has 2 aromatic carbocycles. The average Bonchev–Trinajstić information content (AvgIpc) is 2.60. The predicted molar refractivity (Wildman–Crippen MR) is 102 cm³/mol. The third kappa shape index (κ3) is 5.32. The molecule has 0 heterocycles. The Morgan fingerprint density at radius 2 is 1.76 bits per heavy atom. The molecule has 0 saturated heterocycles. The monoisotopic (exact) mass is 404 g/mol. The molecule has 0 spiro atoms. The number of hydrogen-bond acceptors (Lipinski definition) is 4. The van der Waals surface area contributed by atoms with Gasteiger partial charge in [0.1, 0.15) is 0 Å². The summed E-state index contributed by atoms with van der Waals surface area (Å²) in [7, 11) is 3.84. The second-order valence-corrected chi connectivity index (χ2v) is 6.68. The molecular formula is C19H21BrN2O3. The first kappa shape index (κ1) is 19.0. The van der Waals surface area contributed by atoms with Crippen molar-refractivity contribution in [1.29, 1.82) is 0 Å². The highest BCUT2D eigenvalue weighted by Gasteiger charge is 2.14. The molecule has 0 aliphatic carbocycles. The summed E-state index contributed by atoms with van der Waals surface area (Å²) in [4.78, 5) is 26.0. The SMILES string of the molecule is C[C@@H](NC(=O)COC(=O)c1ccc(N(C)C)cc1)c1ccccc1Br. The number of nitrogens with zero attached hydrogens (tertiary/aromatic N) is 1. The van der Waals surface area contributed by atoms with Gasteiger partial charge in [-0.3, -0.25) is 4.79 Å². The van der Waals surface area contributed by atoms with Crippen LogP contribution in [0.5, 0.6) is 0 Å². The Bertz CT molecular complexity index is 745. The zero-order valence-electron chi connectivity index (χ0n) is 14.5. The number of halogens is 1. The number of carbonyl (C=O) groups is 2. The summed E-state index contributed by atoms with van der Waals surface area (Å²) in [5, 5.41) is 2.82. The van der Waals surface area contributed by atoms with Gasteiger partial charge in [-0.15, -0.1) is 0 Å². The molecule has 0 radical (unpaired) electrons. The lowest BCUT2D eigenvalue weighted by molar-refractivity contribution is -0.124. The second-order valence-electron chi connectivity index (χ2n) is 5.83. The molecule has 0 fully saturated rings. The predicted octanol–water partition coefficient (Wildman–Crippen LogP) is 3.55. The number of nitrogens with one attached hydrogen (secondary N) is 1. The molecule has 1 amide bonds. The van der Waals surface area contributed by atoms with E-state index in [1.54, 1.807) is 12.1 Å². The molecule has 25 heavy (non-hydrogen) atoms. The Balaban J connectivity index is 1.87. The van der Waals surface area contributed by atoms with Crippen LogP contribution in [0.1, 0.15) is 28.9 Å². The molecule has 0 aromatic heterocycles. The van der Waals surface area contributed by atoms with Gasteiger partial charge in [-0.1, -0.05) is 34.1 Å². The summed E-state index contributed by atoms with van der Waals surface area (Å²) in [6.07, 6.45) is 0. The molecule has 2 rings (SSSR count). The number of carbonyl (C=O) groups excluding carboxylic acids is 2. The molecule has 1 N–H and O–H groups in total. The maximum Gasteiger partial charge on any atom is 0.338 e. The number of hydrogen-bond donors (Lipinski definition) is 1. The first-order valence-electron chi connectivity index (χ1n) is 7.87. The van der Waals surface area contributed by atoms with Crippen LogP contribution in [0.25, 0.3) is 0 Å². The largest absolute Gasteiger partial charge is 0.452 e. The van der Waals surface area contributed by atoms with Crippen LogP contribution in [0.2, 0.25) is 0 Å². The van der Waals surface area contributed by atoms with Gasteiger partial charge in [0.2, 0.25) is 0 Å². The Morgan fingerprint density at radius 3 is 2.36 bits per heavy atom. The van der Waals surface area contributed by atoms with Gasteiger partial charge < -0.3 is 15.0 Å². The van der Waals surface area contributed by atoms with Crippen LogP contribution < -0.4 is 10.2 Å². The highest BCUT2D eigenvalue weighted by Crippen LogP contribution is 2.22. The van der Waals surface area contributed by atoms with Crippen LogP contribution in [0.4, 0.5) is 5.69 Å². The number of ether oxygens (including phenoxy) is 1. The van der Waals surface area contributed by atoms with Crippen molar-refractivity contribution in [2.45, 2.75) is 13.0 Å². The van der Waals surface area contributed by atoms with E-state index in [-0.39, 0.29) is 18.6 Å². The van der Waals surface area contributed by atoms with Crippen molar-refractivity contribution in [2.75, 3.05) is 25.6 Å². The Labute approximate surface area is 156 Å². The molecule has 5 nitrogen and oxygen atoms in total. The summed E-state index contributed by atoms with van der Waals surface area (Å²) in [5.74, 6) is -0.865. The Hall–Kier alpha value is -2.34. The van der Waals surface area contributed by atoms with E-state index in [1.807, 2.05) is 62.3 Å². The second kappa shape index (κ2) is 8.67. The first-order chi connectivity index (χ1) is 11.9. The number of esters is 1. The third-order valence-electron chi connectivity index (χ3n) is 3.70. The number of amides is 1. The summed E-state index contributed by atoms with van der Waals surface area (Å²) >= 11 is 3.46. The highest BCUT2D eigenvalue weighted by molar-refractivity contribution is 9.10. The molecule has 2 aromatic rings. The van der Waals surface area contributed by atoms with Gasteiger partial charge in [0, 0.05) is 24.3 Å². The molecule has 0 saturated carbocycles. The molecule has 0 aliphatic heterocycles. The lowest BCUT2D eigenvalue weighted by Gasteiger charge is -2.16. The van der Waals surface area contributed by atoms with Crippen molar-refractivity contribution in [3.05, 3.63) is 64.1 Å². The first-order valence-corrected chi connectivity index (χ1v) is 8.66. The van der Waals surface area contributed by atoms with E-state index >= 15 is 0 Å². The van der Waals surface area contributed by atoms with Gasteiger partial charge in [-0.2, -0.15) is 0 Å². The molecule has 6 heteroatoms. The van der Waals surface area contributed by atoms with Crippen molar-refractivity contribution < 1.29 is 14.3 Å². The number of anilines is 1. The zero-order chi connectivity index (χ0) is 18.4. The van der Waals surface area contributed by atoms with Gasteiger partial charge >= 0.3 is 5.97 Å². The molecule has 1 atom stereocenters. The van der Waals surface area contributed by atoms with Gasteiger partial charge in [-0.05, 0) is 42.8 Å². The minimum Gasteiger partial charge on any atom is -0.452 e. The Morgan fingerprint density at radius 1 is 1.12 bits per heavy atom. The lowest BCUT2D eigenvalue weighted by Crippen LogP contribution is -2.31. The zero-order valence-corrected chi connectivity index (χ0v) is 16.0. The van der Waals surface area contributed by atoms with Crippen molar-refractivity contribution >= 4 is 33.5 Å². The maximum atomic E-state index is 12.0. The maximum absolute atomic E-state index is 12.0. The van der Waals surface area contributed by atoms with Crippen LogP contribution in [-0.4, -0.2) is 32.6 Å². The Kier molecular flexibility index (Phi) is 6.58. The van der Waals surface area contributed by atoms with Crippen molar-refractivity contribution in [2.24, 2.45) is 0 Å². The van der Waals surface area contributed by atoms with Crippen LogP contribution in [0.15, 0.2) is 53.0 Å². The molecule has 132 valence electrons. The highest BCUT2D eigenvalue weighted by atomic mass is 79.9. The van der Waals surface area contributed by atoms with E-state index < -0.39 is 5.97 Å². The smallest absolute Gasteiger partial charge is 0.338 e. The fourth-order valence-corrected chi connectivity index (χ4v) is 2.93. The van der Waals surface area contributed by atoms with Crippen molar-refractivity contribution in [3.8, 4) is 0 Å². The van der Waals surface area contributed by atoms with E-state index in [0.29, 0.717) is 5.56 Å². The summed E-state index contributed by atoms with van der Waals surface area (Å²) in [6, 6.07) is 14.5. The van der Waals surface area contributed by atoms with Crippen LogP contribution in [0.3, 0.4) is 0 Å². The summed E-state index contributed by atoms with van der Waals surface area (Å²) < 4.78 is 6.00. The quantitative estimate of drug-likeness (QED) is 0.747. The van der Waals surface area contributed by atoms with E-state index in [1.165, 1.54) is 0 Å². The van der Waals surface area contributed by atoms with E-state index in [0.717, 1.165) is 15.7 Å². The topological polar surface area (TPSA) is 58.6 Å². The molecule has 0 aliphatic rings. The minimum atomic E-state index is -0.519. The van der Waals surface area contributed by atoms with Gasteiger partial charge in [0.05, 0.1) is 11.6 Å². The summed E-state index contributed by atoms with van der Waals surface area (Å²) in [5.41, 5.74) is 2.36. The summed E-state index contributed by atoms with van der Waals surface area (Å²) in [6.45, 7) is 1.56. The van der Waals surface area contributed by atoms with E-state index in [2.05, 4.69) is 21.2 Å². The van der Waals surface area contributed by atoms with Crippen LogP contribution >= 0.6 is 15.9 Å². The van der Waals surface area contributed by atoms with Gasteiger partial charge in [-0.25, -0.2) is 4.79 Å². The van der Waals surface area contributed by atoms with Gasteiger partial charge in [0.15, 0.2) is 6.61 Å². The fourth-order valence-electron chi connectivity index (χ4n) is 2.30. The fraction of sp³-hybridized carbons (Fsp3) is 0.263. The third-order valence-corrected chi connectivity index (χ3v) is 4.43. The van der Waals surface area contributed by atoms with E-state index in [9.17, 15) is 9.59 Å². The molecule has 0 unspecified atom stereocenters. The lowest BCUT2D eigenvalue weighted by atomic mass is 10.1. The van der Waals surface area contributed by atoms with Crippen LogP contribution in [0, 0.1) is 0 Å². The normalized spacial score (nSPS) is 11.5. The van der Waals surface area contributed by atoms with Crippen molar-refractivity contribution in [1.82, 2.24) is 5.32 Å². The van der Waals surface area contributed by atoms with Gasteiger partial charge in [0.25, 0.3) is 5.91 Å². The van der Waals surface area contributed by atoms with E-state index in [4.69, 9.17) is 4.74 Å². The molecule has 0 bridgehead atoms. The standard InChI is InChI=1S/C19H21BrN2O3/c1-13(16-6-4-5-7-17(16)20)21-18(23)12-25-19(24)14-8-10-15(11-9-14)22(2)3/h4-11,13H,12H2,1-3H3,(H,21,23)/t13-/m1/s1. The van der Waals surface area contributed by atoms with Crippen molar-refractivity contribution in [3.63, 3.8) is 0 Å².